The van der Waals surface area contributed by atoms with Crippen LogP contribution < -0.4 is 5.32 Å². The maximum Gasteiger partial charge on any atom is 0.240 e. The summed E-state index contributed by atoms with van der Waals surface area (Å²) >= 11 is 0. The average molecular weight is 250 g/mol. The Bertz CT molecular complexity index is 386. The number of hydrogen-bond acceptors (Lipinski definition) is 5. The maximum atomic E-state index is 5.37. The van der Waals surface area contributed by atoms with E-state index in [2.05, 4.69) is 20.4 Å². The lowest BCUT2D eigenvalue weighted by atomic mass is 10.0. The van der Waals surface area contributed by atoms with Gasteiger partial charge in [-0.1, -0.05) is 11.6 Å². The molecule has 1 aliphatic heterocycles. The Morgan fingerprint density at radius 2 is 2.22 bits per heavy atom. The minimum atomic E-state index is 0.581. The van der Waals surface area contributed by atoms with Crippen LogP contribution in [-0.4, -0.2) is 41.2 Å². The fourth-order valence-corrected chi connectivity index (χ4v) is 2.75. The highest BCUT2D eigenvalue weighted by Crippen LogP contribution is 2.38. The van der Waals surface area contributed by atoms with Crippen LogP contribution in [0, 0.1) is 0 Å². The van der Waals surface area contributed by atoms with Crippen LogP contribution in [0.2, 0.25) is 0 Å². The van der Waals surface area contributed by atoms with Crippen molar-refractivity contribution in [3.05, 3.63) is 11.7 Å². The molecular weight excluding hydrogens is 228 g/mol. The minimum Gasteiger partial charge on any atom is -0.338 e. The molecule has 1 unspecified atom stereocenters. The van der Waals surface area contributed by atoms with Crippen molar-refractivity contribution in [1.29, 1.82) is 0 Å². The summed E-state index contributed by atoms with van der Waals surface area (Å²) in [5.41, 5.74) is 0. The first-order chi connectivity index (χ1) is 8.86. The lowest BCUT2D eigenvalue weighted by Gasteiger charge is -2.34. The summed E-state index contributed by atoms with van der Waals surface area (Å²) in [7, 11) is 2.02. The number of aromatic nitrogens is 2. The number of likely N-dealkylation sites (tertiary alicyclic amines) is 1. The number of piperidine rings is 1. The summed E-state index contributed by atoms with van der Waals surface area (Å²) in [6, 6.07) is 0.611. The molecule has 2 fully saturated rings. The largest absolute Gasteiger partial charge is 0.338 e. The number of nitrogens with zero attached hydrogens (tertiary/aromatic N) is 3. The molecule has 0 radical (unpaired) electrons. The van der Waals surface area contributed by atoms with Crippen molar-refractivity contribution < 1.29 is 4.52 Å². The highest BCUT2D eigenvalue weighted by atomic mass is 16.5. The van der Waals surface area contributed by atoms with Crippen molar-refractivity contribution in [2.75, 3.05) is 20.1 Å². The van der Waals surface area contributed by atoms with Gasteiger partial charge in [-0.2, -0.15) is 4.98 Å². The van der Waals surface area contributed by atoms with Gasteiger partial charge >= 0.3 is 0 Å². The third-order valence-corrected chi connectivity index (χ3v) is 3.95. The molecule has 1 aromatic heterocycles. The Hall–Kier alpha value is -0.940. The van der Waals surface area contributed by atoms with E-state index in [1.807, 2.05) is 7.05 Å². The van der Waals surface area contributed by atoms with Gasteiger partial charge in [-0.05, 0) is 39.3 Å². The molecule has 2 aliphatic rings. The van der Waals surface area contributed by atoms with E-state index in [0.29, 0.717) is 12.0 Å². The molecule has 5 nitrogen and oxygen atoms in total. The number of nitrogens with one attached hydrogen (secondary N) is 1. The van der Waals surface area contributed by atoms with Crippen molar-refractivity contribution in [3.63, 3.8) is 0 Å². The van der Waals surface area contributed by atoms with Crippen molar-refractivity contribution in [1.82, 2.24) is 20.4 Å². The summed E-state index contributed by atoms with van der Waals surface area (Å²) in [5.74, 6) is 2.30. The van der Waals surface area contributed by atoms with Gasteiger partial charge < -0.3 is 9.84 Å². The van der Waals surface area contributed by atoms with Gasteiger partial charge in [-0.3, -0.25) is 4.90 Å². The molecule has 18 heavy (non-hydrogen) atoms. The molecule has 1 atom stereocenters. The summed E-state index contributed by atoms with van der Waals surface area (Å²) in [4.78, 5) is 7.00. The first kappa shape index (κ1) is 12.1. The summed E-state index contributed by atoms with van der Waals surface area (Å²) < 4.78 is 5.37. The zero-order valence-electron chi connectivity index (χ0n) is 11.1. The number of likely N-dealkylation sites (N-methyl/N-ethyl adjacent to an activating group) is 1. The van der Waals surface area contributed by atoms with E-state index < -0.39 is 0 Å². The van der Waals surface area contributed by atoms with Crippen LogP contribution in [0.5, 0.6) is 0 Å². The third-order valence-electron chi connectivity index (χ3n) is 3.95. The molecule has 1 saturated carbocycles. The second-order valence-corrected chi connectivity index (χ2v) is 5.50. The van der Waals surface area contributed by atoms with Gasteiger partial charge in [0.2, 0.25) is 5.89 Å². The van der Waals surface area contributed by atoms with Crippen LogP contribution in [0.4, 0.5) is 0 Å². The lowest BCUT2D eigenvalue weighted by Crippen LogP contribution is -2.44. The molecule has 1 N–H and O–H groups in total. The van der Waals surface area contributed by atoms with Crippen molar-refractivity contribution in [3.8, 4) is 0 Å². The van der Waals surface area contributed by atoms with Gasteiger partial charge in [0.15, 0.2) is 5.82 Å². The van der Waals surface area contributed by atoms with E-state index in [4.69, 9.17) is 4.52 Å². The average Bonchev–Trinajstić information content (AvgIpc) is 3.13. The van der Waals surface area contributed by atoms with Crippen molar-refractivity contribution in [2.24, 2.45) is 0 Å². The molecule has 0 bridgehead atoms. The van der Waals surface area contributed by atoms with E-state index in [0.717, 1.165) is 31.3 Å². The van der Waals surface area contributed by atoms with Gasteiger partial charge in [0, 0.05) is 18.5 Å². The van der Waals surface area contributed by atoms with Crippen LogP contribution in [0.15, 0.2) is 4.52 Å². The molecule has 0 spiro atoms. The van der Waals surface area contributed by atoms with E-state index in [-0.39, 0.29) is 0 Å². The fraction of sp³-hybridized carbons (Fsp3) is 0.846. The zero-order valence-corrected chi connectivity index (χ0v) is 11.1. The van der Waals surface area contributed by atoms with E-state index in [1.165, 1.54) is 32.1 Å². The van der Waals surface area contributed by atoms with E-state index in [1.54, 1.807) is 0 Å². The normalized spacial score (nSPS) is 25.5. The number of hydrogen-bond donors (Lipinski definition) is 1. The predicted octanol–water partition coefficient (Wildman–Crippen LogP) is 1.52. The monoisotopic (exact) mass is 250 g/mol. The van der Waals surface area contributed by atoms with Crippen LogP contribution in [0.1, 0.15) is 49.7 Å². The number of rotatable bonds is 5. The van der Waals surface area contributed by atoms with Gasteiger partial charge in [0.1, 0.15) is 0 Å². The van der Waals surface area contributed by atoms with E-state index in [9.17, 15) is 0 Å². The Morgan fingerprint density at radius 3 is 3.00 bits per heavy atom. The lowest BCUT2D eigenvalue weighted by molar-refractivity contribution is 0.123. The molecule has 1 saturated heterocycles. The van der Waals surface area contributed by atoms with Crippen LogP contribution in [0.25, 0.3) is 0 Å². The van der Waals surface area contributed by atoms with Crippen LogP contribution >= 0.6 is 0 Å². The smallest absolute Gasteiger partial charge is 0.240 e. The highest BCUT2D eigenvalue weighted by molar-refractivity contribution is 5.03. The standard InChI is InChI=1S/C13H22N4O/c1-14-8-11-4-2-3-7-17(11)9-12-15-13(16-18-12)10-5-6-10/h10-11,14H,2-9H2,1H3. The van der Waals surface area contributed by atoms with Crippen molar-refractivity contribution in [2.45, 2.75) is 50.6 Å². The second kappa shape index (κ2) is 5.36. The van der Waals surface area contributed by atoms with Crippen molar-refractivity contribution >= 4 is 0 Å². The second-order valence-electron chi connectivity index (χ2n) is 5.50. The molecule has 5 heteroatoms. The Morgan fingerprint density at radius 1 is 1.33 bits per heavy atom. The Kier molecular flexibility index (Phi) is 3.61. The van der Waals surface area contributed by atoms with Gasteiger partial charge in [0.05, 0.1) is 6.54 Å². The quantitative estimate of drug-likeness (QED) is 0.858. The van der Waals surface area contributed by atoms with Gasteiger partial charge in [0.25, 0.3) is 0 Å². The molecule has 3 rings (SSSR count). The summed E-state index contributed by atoms with van der Waals surface area (Å²) in [6.45, 7) is 3.00. The predicted molar refractivity (Wildman–Crippen MR) is 68.2 cm³/mol. The van der Waals surface area contributed by atoms with Crippen LogP contribution in [-0.2, 0) is 6.54 Å². The molecule has 0 aromatic carbocycles. The summed E-state index contributed by atoms with van der Waals surface area (Å²) in [5, 5.41) is 7.36. The third kappa shape index (κ3) is 2.72. The molecule has 1 aromatic rings. The zero-order chi connectivity index (χ0) is 12.4. The first-order valence-electron chi connectivity index (χ1n) is 7.08. The SMILES string of the molecule is CNCC1CCCCN1Cc1nc(C2CC2)no1. The molecule has 100 valence electrons. The molecule has 1 aliphatic carbocycles. The first-order valence-corrected chi connectivity index (χ1v) is 7.08. The van der Waals surface area contributed by atoms with E-state index >= 15 is 0 Å². The van der Waals surface area contributed by atoms with Gasteiger partial charge in [-0.25, -0.2) is 0 Å². The molecular formula is C13H22N4O. The maximum absolute atomic E-state index is 5.37. The highest BCUT2D eigenvalue weighted by Gasteiger charge is 2.30. The fourth-order valence-electron chi connectivity index (χ4n) is 2.75. The molecule has 0 amide bonds. The van der Waals surface area contributed by atoms with Crippen LogP contribution in [0.3, 0.4) is 0 Å². The summed E-state index contributed by atoms with van der Waals surface area (Å²) in [6.07, 6.45) is 6.34. The Labute approximate surface area is 108 Å². The minimum absolute atomic E-state index is 0.581. The van der Waals surface area contributed by atoms with Gasteiger partial charge in [-0.15, -0.1) is 0 Å². The Balaban J connectivity index is 1.61. The topological polar surface area (TPSA) is 54.2 Å². The molecule has 2 heterocycles.